The maximum Gasteiger partial charge on any atom is 0.586 e. The van der Waals surface area contributed by atoms with E-state index in [2.05, 4.69) is 14.8 Å². The lowest BCUT2D eigenvalue weighted by molar-refractivity contribution is -0.885. The van der Waals surface area contributed by atoms with Gasteiger partial charge in [-0.15, -0.1) is 8.78 Å². The summed E-state index contributed by atoms with van der Waals surface area (Å²) in [4.78, 5) is 13.1. The second-order valence-electron chi connectivity index (χ2n) is 5.67. The lowest BCUT2D eigenvalue weighted by Gasteiger charge is -2.14. The van der Waals surface area contributed by atoms with Gasteiger partial charge in [-0.3, -0.25) is 4.79 Å². The molecule has 0 saturated heterocycles. The van der Waals surface area contributed by atoms with Crippen molar-refractivity contribution >= 4 is 11.6 Å². The highest BCUT2D eigenvalue weighted by Crippen LogP contribution is 2.42. The Morgan fingerprint density at radius 2 is 1.83 bits per heavy atom. The maximum atomic E-state index is 13.0. The van der Waals surface area contributed by atoms with E-state index < -0.39 is 6.29 Å². The van der Waals surface area contributed by atoms with E-state index in [1.165, 1.54) is 18.2 Å². The number of halogens is 2. The minimum absolute atomic E-state index is 0.0511. The van der Waals surface area contributed by atoms with Gasteiger partial charge in [0.15, 0.2) is 18.0 Å². The predicted molar refractivity (Wildman–Crippen MR) is 83.2 cm³/mol. The molecule has 2 N–H and O–H groups in total. The number of ether oxygens (including phenoxy) is 2. The number of alkyl halides is 2. The monoisotopic (exact) mass is 335 g/mol. The van der Waals surface area contributed by atoms with Crippen molar-refractivity contribution in [3.63, 3.8) is 0 Å². The van der Waals surface area contributed by atoms with Crippen molar-refractivity contribution in [1.29, 1.82) is 0 Å². The number of carbonyl (C=O) groups excluding carboxylic acids is 1. The maximum absolute atomic E-state index is 13.0. The minimum atomic E-state index is -3.66. The van der Waals surface area contributed by atoms with Crippen LogP contribution in [0.1, 0.15) is 5.56 Å². The average molecular weight is 335 g/mol. The Hall–Kier alpha value is -2.67. The van der Waals surface area contributed by atoms with Crippen molar-refractivity contribution in [1.82, 2.24) is 0 Å². The number of likely N-dealkylation sites (N-methyl/N-ethyl adjacent to an activating group) is 1. The second kappa shape index (κ2) is 6.45. The molecule has 0 aromatic heterocycles. The molecule has 126 valence electrons. The van der Waals surface area contributed by atoms with Crippen LogP contribution in [0.15, 0.2) is 48.5 Å². The van der Waals surface area contributed by atoms with Crippen LogP contribution in [0.25, 0.3) is 0 Å². The van der Waals surface area contributed by atoms with Gasteiger partial charge in [0.1, 0.15) is 6.54 Å². The Bertz CT molecular complexity index is 738. The third-order valence-electron chi connectivity index (χ3n) is 3.50. The Morgan fingerprint density at radius 3 is 2.58 bits per heavy atom. The summed E-state index contributed by atoms with van der Waals surface area (Å²) >= 11 is 0. The number of quaternary nitrogens is 1. The summed E-state index contributed by atoms with van der Waals surface area (Å²) < 4.78 is 34.6. The predicted octanol–water partition coefficient (Wildman–Crippen LogP) is 1.66. The fraction of sp³-hybridized carbons (Fsp3) is 0.235. The standard InChI is InChI=1S/C17H16F2N2O3/c1-21(10-12-5-3-2-4-6-12)11-16(22)20-13-7-8-14-15(9-13)24-17(18,19)23-14/h2-9H,10-11H2,1H3,(H,20,22)/p+1. The van der Waals surface area contributed by atoms with E-state index in [0.717, 1.165) is 10.5 Å². The van der Waals surface area contributed by atoms with E-state index in [-0.39, 0.29) is 24.0 Å². The van der Waals surface area contributed by atoms with Crippen LogP contribution in [0.5, 0.6) is 11.5 Å². The van der Waals surface area contributed by atoms with Crippen molar-refractivity contribution in [2.75, 3.05) is 18.9 Å². The first-order valence-corrected chi connectivity index (χ1v) is 7.46. The van der Waals surface area contributed by atoms with E-state index in [9.17, 15) is 13.6 Å². The number of fused-ring (bicyclic) bond motifs is 1. The Kier molecular flexibility index (Phi) is 4.35. The zero-order valence-electron chi connectivity index (χ0n) is 13.0. The van der Waals surface area contributed by atoms with Gasteiger partial charge in [-0.25, -0.2) is 0 Å². The third-order valence-corrected chi connectivity index (χ3v) is 3.50. The van der Waals surface area contributed by atoms with Gasteiger partial charge in [0.2, 0.25) is 0 Å². The van der Waals surface area contributed by atoms with Crippen LogP contribution in [0, 0.1) is 0 Å². The summed E-state index contributed by atoms with van der Waals surface area (Å²) in [5.41, 5.74) is 1.51. The van der Waals surface area contributed by atoms with Crippen LogP contribution in [0.4, 0.5) is 14.5 Å². The molecule has 1 heterocycles. The molecule has 2 aromatic rings. The van der Waals surface area contributed by atoms with E-state index in [4.69, 9.17) is 0 Å². The van der Waals surface area contributed by atoms with Crippen molar-refractivity contribution in [2.45, 2.75) is 12.8 Å². The van der Waals surface area contributed by atoms with Crippen LogP contribution >= 0.6 is 0 Å². The van der Waals surface area contributed by atoms with Crippen LogP contribution in [0.2, 0.25) is 0 Å². The van der Waals surface area contributed by atoms with Crippen LogP contribution in [-0.4, -0.2) is 25.8 Å². The van der Waals surface area contributed by atoms with Crippen molar-refractivity contribution in [2.24, 2.45) is 0 Å². The molecule has 1 atom stereocenters. The second-order valence-corrected chi connectivity index (χ2v) is 5.67. The fourth-order valence-corrected chi connectivity index (χ4v) is 2.51. The number of carbonyl (C=O) groups is 1. The number of nitrogens with one attached hydrogen (secondary N) is 2. The molecule has 0 bridgehead atoms. The van der Waals surface area contributed by atoms with Crippen LogP contribution in [-0.2, 0) is 11.3 Å². The largest absolute Gasteiger partial charge is 0.586 e. The van der Waals surface area contributed by atoms with Gasteiger partial charge in [0.05, 0.1) is 7.05 Å². The Morgan fingerprint density at radius 1 is 1.12 bits per heavy atom. The van der Waals surface area contributed by atoms with Gasteiger partial charge >= 0.3 is 6.29 Å². The number of rotatable bonds is 5. The minimum Gasteiger partial charge on any atom is -0.395 e. The van der Waals surface area contributed by atoms with Crippen molar-refractivity contribution < 1.29 is 27.9 Å². The number of amides is 1. The highest BCUT2D eigenvalue weighted by Gasteiger charge is 2.43. The number of hydrogen-bond donors (Lipinski definition) is 2. The number of hydrogen-bond acceptors (Lipinski definition) is 3. The highest BCUT2D eigenvalue weighted by molar-refractivity contribution is 5.91. The van der Waals surface area contributed by atoms with Crippen LogP contribution < -0.4 is 19.7 Å². The van der Waals surface area contributed by atoms with E-state index >= 15 is 0 Å². The molecule has 5 nitrogen and oxygen atoms in total. The zero-order valence-corrected chi connectivity index (χ0v) is 13.0. The van der Waals surface area contributed by atoms with Gasteiger partial charge in [0.25, 0.3) is 5.91 Å². The molecule has 24 heavy (non-hydrogen) atoms. The molecule has 0 saturated carbocycles. The molecular weight excluding hydrogens is 318 g/mol. The first kappa shape index (κ1) is 16.2. The zero-order chi connectivity index (χ0) is 17.2. The molecule has 1 aliphatic heterocycles. The summed E-state index contributed by atoms with van der Waals surface area (Å²) in [5.74, 6) is -0.360. The lowest BCUT2D eigenvalue weighted by Crippen LogP contribution is -3.08. The molecule has 0 aliphatic carbocycles. The molecule has 1 unspecified atom stereocenters. The summed E-state index contributed by atoms with van der Waals surface area (Å²) in [6.45, 7) is 0.959. The van der Waals surface area contributed by atoms with E-state index in [0.29, 0.717) is 12.2 Å². The number of benzene rings is 2. The Labute approximate surface area is 137 Å². The number of anilines is 1. The Balaban J connectivity index is 1.56. The molecule has 0 fully saturated rings. The third kappa shape index (κ3) is 3.99. The van der Waals surface area contributed by atoms with Gasteiger partial charge in [0, 0.05) is 17.3 Å². The van der Waals surface area contributed by atoms with Gasteiger partial charge in [-0.2, -0.15) is 0 Å². The van der Waals surface area contributed by atoms with Crippen LogP contribution in [0.3, 0.4) is 0 Å². The van der Waals surface area contributed by atoms with E-state index in [1.807, 2.05) is 37.4 Å². The SMILES string of the molecule is C[NH+](CC(=O)Nc1ccc2c(c1)OC(F)(F)O2)Cc1ccccc1. The summed E-state index contributed by atoms with van der Waals surface area (Å²) in [6, 6.07) is 14.0. The smallest absolute Gasteiger partial charge is 0.395 e. The highest BCUT2D eigenvalue weighted by atomic mass is 19.3. The summed E-state index contributed by atoms with van der Waals surface area (Å²) in [6.07, 6.45) is -3.66. The molecule has 7 heteroatoms. The topological polar surface area (TPSA) is 52.0 Å². The first-order chi connectivity index (χ1) is 11.4. The molecule has 3 rings (SSSR count). The fourth-order valence-electron chi connectivity index (χ4n) is 2.51. The molecule has 1 amide bonds. The van der Waals surface area contributed by atoms with Gasteiger partial charge in [-0.05, 0) is 12.1 Å². The van der Waals surface area contributed by atoms with Crippen molar-refractivity contribution in [3.05, 3.63) is 54.1 Å². The molecular formula is C17H17F2N2O3+. The average Bonchev–Trinajstić information content (AvgIpc) is 2.81. The summed E-state index contributed by atoms with van der Waals surface area (Å²) in [5, 5.41) is 2.68. The lowest BCUT2D eigenvalue weighted by atomic mass is 10.2. The quantitative estimate of drug-likeness (QED) is 0.874. The van der Waals surface area contributed by atoms with Crippen molar-refractivity contribution in [3.8, 4) is 11.5 Å². The van der Waals surface area contributed by atoms with E-state index in [1.54, 1.807) is 0 Å². The molecule has 1 aliphatic rings. The van der Waals surface area contributed by atoms with Gasteiger partial charge in [-0.1, -0.05) is 30.3 Å². The molecule has 0 radical (unpaired) electrons. The molecule has 2 aromatic carbocycles. The molecule has 0 spiro atoms. The first-order valence-electron chi connectivity index (χ1n) is 7.46. The summed E-state index contributed by atoms with van der Waals surface area (Å²) in [7, 11) is 1.91. The van der Waals surface area contributed by atoms with Gasteiger partial charge < -0.3 is 19.7 Å². The normalized spacial score (nSPS) is 15.8.